The van der Waals surface area contributed by atoms with E-state index in [2.05, 4.69) is 36.1 Å². The second kappa shape index (κ2) is 6.45. The SMILES string of the molecule is Cc1ccnc(NCCCN(C)C(C)C)c1N. The van der Waals surface area contributed by atoms with Crippen LogP contribution < -0.4 is 11.1 Å². The Morgan fingerprint density at radius 1 is 1.47 bits per heavy atom. The van der Waals surface area contributed by atoms with Gasteiger partial charge < -0.3 is 16.0 Å². The number of nitrogens with two attached hydrogens (primary N) is 1. The predicted octanol–water partition coefficient (Wildman–Crippen LogP) is 2.11. The highest BCUT2D eigenvalue weighted by atomic mass is 15.1. The molecular formula is C13H24N4. The number of aromatic nitrogens is 1. The van der Waals surface area contributed by atoms with E-state index in [9.17, 15) is 0 Å². The van der Waals surface area contributed by atoms with Gasteiger partial charge in [-0.25, -0.2) is 4.98 Å². The summed E-state index contributed by atoms with van der Waals surface area (Å²) in [5.74, 6) is 0.803. The van der Waals surface area contributed by atoms with Crippen molar-refractivity contribution >= 4 is 11.5 Å². The van der Waals surface area contributed by atoms with Gasteiger partial charge in [-0.2, -0.15) is 0 Å². The fourth-order valence-corrected chi connectivity index (χ4v) is 1.50. The van der Waals surface area contributed by atoms with Crippen molar-refractivity contribution in [3.05, 3.63) is 17.8 Å². The molecule has 1 rings (SSSR count). The molecule has 1 aromatic heterocycles. The molecule has 0 bridgehead atoms. The van der Waals surface area contributed by atoms with Crippen molar-refractivity contribution in [1.29, 1.82) is 0 Å². The predicted molar refractivity (Wildman–Crippen MR) is 74.3 cm³/mol. The van der Waals surface area contributed by atoms with E-state index in [1.165, 1.54) is 0 Å². The molecule has 0 radical (unpaired) electrons. The van der Waals surface area contributed by atoms with E-state index >= 15 is 0 Å². The van der Waals surface area contributed by atoms with Crippen molar-refractivity contribution in [2.24, 2.45) is 0 Å². The van der Waals surface area contributed by atoms with E-state index in [1.807, 2.05) is 13.0 Å². The molecule has 4 nitrogen and oxygen atoms in total. The smallest absolute Gasteiger partial charge is 0.149 e. The molecule has 0 atom stereocenters. The molecule has 96 valence electrons. The Morgan fingerprint density at radius 3 is 2.82 bits per heavy atom. The molecule has 0 saturated carbocycles. The molecule has 0 fully saturated rings. The van der Waals surface area contributed by atoms with E-state index in [4.69, 9.17) is 5.73 Å². The van der Waals surface area contributed by atoms with Crippen molar-refractivity contribution in [2.45, 2.75) is 33.2 Å². The Hall–Kier alpha value is -1.29. The Labute approximate surface area is 104 Å². The normalized spacial score (nSPS) is 11.2. The third kappa shape index (κ3) is 4.23. The minimum Gasteiger partial charge on any atom is -0.396 e. The van der Waals surface area contributed by atoms with E-state index in [-0.39, 0.29) is 0 Å². The lowest BCUT2D eigenvalue weighted by atomic mass is 10.2. The fraction of sp³-hybridized carbons (Fsp3) is 0.615. The number of nitrogens with zero attached hydrogens (tertiary/aromatic N) is 2. The Kier molecular flexibility index (Phi) is 5.22. The van der Waals surface area contributed by atoms with Gasteiger partial charge in [0.2, 0.25) is 0 Å². The van der Waals surface area contributed by atoms with Gasteiger partial charge in [-0.05, 0) is 52.4 Å². The number of hydrogen-bond acceptors (Lipinski definition) is 4. The van der Waals surface area contributed by atoms with Crippen molar-refractivity contribution in [1.82, 2.24) is 9.88 Å². The molecule has 1 aromatic rings. The van der Waals surface area contributed by atoms with Crippen molar-refractivity contribution in [3.63, 3.8) is 0 Å². The van der Waals surface area contributed by atoms with Crippen LogP contribution in [0.1, 0.15) is 25.8 Å². The molecule has 0 unspecified atom stereocenters. The number of aryl methyl sites for hydroxylation is 1. The molecule has 0 amide bonds. The standard InChI is InChI=1S/C13H24N4/c1-10(2)17(4)9-5-7-15-13-12(14)11(3)6-8-16-13/h6,8,10H,5,7,9,14H2,1-4H3,(H,15,16). The molecule has 4 heteroatoms. The highest BCUT2D eigenvalue weighted by Crippen LogP contribution is 2.18. The zero-order valence-electron chi connectivity index (χ0n) is 11.3. The van der Waals surface area contributed by atoms with Crippen LogP contribution >= 0.6 is 0 Å². The zero-order chi connectivity index (χ0) is 12.8. The lowest BCUT2D eigenvalue weighted by molar-refractivity contribution is 0.273. The highest BCUT2D eigenvalue weighted by Gasteiger charge is 2.04. The monoisotopic (exact) mass is 236 g/mol. The van der Waals surface area contributed by atoms with Crippen LogP contribution in [0.25, 0.3) is 0 Å². The van der Waals surface area contributed by atoms with Gasteiger partial charge in [0.05, 0.1) is 5.69 Å². The van der Waals surface area contributed by atoms with Crippen LogP contribution in [0, 0.1) is 6.92 Å². The molecule has 17 heavy (non-hydrogen) atoms. The Morgan fingerprint density at radius 2 is 2.18 bits per heavy atom. The number of anilines is 2. The average molecular weight is 236 g/mol. The average Bonchev–Trinajstić information content (AvgIpc) is 2.29. The first-order chi connectivity index (χ1) is 8.02. The number of pyridine rings is 1. The summed E-state index contributed by atoms with van der Waals surface area (Å²) in [6.45, 7) is 8.38. The number of hydrogen-bond donors (Lipinski definition) is 2. The quantitative estimate of drug-likeness (QED) is 0.743. The summed E-state index contributed by atoms with van der Waals surface area (Å²) >= 11 is 0. The Bertz CT molecular complexity index is 349. The lowest BCUT2D eigenvalue weighted by Crippen LogP contribution is -2.28. The second-order valence-corrected chi connectivity index (χ2v) is 4.74. The summed E-state index contributed by atoms with van der Waals surface area (Å²) in [5.41, 5.74) is 7.76. The minimum atomic E-state index is 0.595. The largest absolute Gasteiger partial charge is 0.396 e. The van der Waals surface area contributed by atoms with Crippen LogP contribution in [-0.2, 0) is 0 Å². The summed E-state index contributed by atoms with van der Waals surface area (Å²) in [7, 11) is 2.14. The second-order valence-electron chi connectivity index (χ2n) is 4.74. The van der Waals surface area contributed by atoms with Crippen LogP contribution in [0.5, 0.6) is 0 Å². The lowest BCUT2D eigenvalue weighted by Gasteiger charge is -2.20. The summed E-state index contributed by atoms with van der Waals surface area (Å²) in [6.07, 6.45) is 2.87. The highest BCUT2D eigenvalue weighted by molar-refractivity contribution is 5.64. The van der Waals surface area contributed by atoms with Gasteiger partial charge in [0.15, 0.2) is 0 Å². The molecule has 0 aliphatic carbocycles. The molecule has 0 aliphatic heterocycles. The van der Waals surface area contributed by atoms with E-state index in [0.29, 0.717) is 6.04 Å². The van der Waals surface area contributed by atoms with Crippen molar-refractivity contribution < 1.29 is 0 Å². The maximum absolute atomic E-state index is 5.94. The van der Waals surface area contributed by atoms with Crippen molar-refractivity contribution in [2.75, 3.05) is 31.2 Å². The third-order valence-corrected chi connectivity index (χ3v) is 3.07. The summed E-state index contributed by atoms with van der Waals surface area (Å²) in [6, 6.07) is 2.52. The van der Waals surface area contributed by atoms with E-state index in [0.717, 1.165) is 36.6 Å². The minimum absolute atomic E-state index is 0.595. The third-order valence-electron chi connectivity index (χ3n) is 3.07. The Balaban J connectivity index is 2.34. The van der Waals surface area contributed by atoms with Gasteiger partial charge in [0.1, 0.15) is 5.82 Å². The molecule has 0 aromatic carbocycles. The number of rotatable bonds is 6. The first-order valence-corrected chi connectivity index (χ1v) is 6.17. The summed E-state index contributed by atoms with van der Waals surface area (Å²) in [4.78, 5) is 6.57. The van der Waals surface area contributed by atoms with Gasteiger partial charge >= 0.3 is 0 Å². The van der Waals surface area contributed by atoms with E-state index in [1.54, 1.807) is 6.20 Å². The fourth-order valence-electron chi connectivity index (χ4n) is 1.50. The van der Waals surface area contributed by atoms with Gasteiger partial charge in [0, 0.05) is 18.8 Å². The number of nitrogens with one attached hydrogen (secondary N) is 1. The van der Waals surface area contributed by atoms with Crippen LogP contribution in [0.3, 0.4) is 0 Å². The summed E-state index contributed by atoms with van der Waals surface area (Å²) < 4.78 is 0. The molecule has 0 spiro atoms. The van der Waals surface area contributed by atoms with Gasteiger partial charge in [-0.1, -0.05) is 0 Å². The molecule has 0 saturated heterocycles. The molecule has 0 aliphatic rings. The molecule has 3 N–H and O–H groups in total. The summed E-state index contributed by atoms with van der Waals surface area (Å²) in [5, 5.41) is 3.29. The van der Waals surface area contributed by atoms with Gasteiger partial charge in [-0.3, -0.25) is 0 Å². The van der Waals surface area contributed by atoms with Crippen LogP contribution in [0.2, 0.25) is 0 Å². The van der Waals surface area contributed by atoms with Crippen LogP contribution in [-0.4, -0.2) is 36.1 Å². The van der Waals surface area contributed by atoms with Crippen LogP contribution in [0.4, 0.5) is 11.5 Å². The van der Waals surface area contributed by atoms with E-state index < -0.39 is 0 Å². The van der Waals surface area contributed by atoms with Crippen molar-refractivity contribution in [3.8, 4) is 0 Å². The maximum Gasteiger partial charge on any atom is 0.149 e. The maximum atomic E-state index is 5.94. The molecule has 1 heterocycles. The molecular weight excluding hydrogens is 212 g/mol. The number of nitrogen functional groups attached to an aromatic ring is 1. The van der Waals surface area contributed by atoms with Gasteiger partial charge in [-0.15, -0.1) is 0 Å². The zero-order valence-corrected chi connectivity index (χ0v) is 11.3. The van der Waals surface area contributed by atoms with Gasteiger partial charge in [0.25, 0.3) is 0 Å². The van der Waals surface area contributed by atoms with Crippen LogP contribution in [0.15, 0.2) is 12.3 Å². The topological polar surface area (TPSA) is 54.2 Å². The first-order valence-electron chi connectivity index (χ1n) is 6.17. The first kappa shape index (κ1) is 13.8.